The second-order valence-corrected chi connectivity index (χ2v) is 5.04. The minimum atomic E-state index is -0.299. The van der Waals surface area contributed by atoms with Crippen LogP contribution in [0.4, 0.5) is 0 Å². The second-order valence-electron chi connectivity index (χ2n) is 4.12. The van der Waals surface area contributed by atoms with Crippen LogP contribution in [0.25, 0.3) is 0 Å². The molecule has 0 aromatic carbocycles. The van der Waals surface area contributed by atoms with E-state index in [1.807, 2.05) is 18.5 Å². The molecule has 4 N–H and O–H groups in total. The quantitative estimate of drug-likeness (QED) is 0.395. The SMILES string of the molecule is CC(O)CCN(C)Cc1ccsc1C(=O)NN. The van der Waals surface area contributed by atoms with E-state index >= 15 is 0 Å². The Kier molecular flexibility index (Phi) is 5.57. The lowest BCUT2D eigenvalue weighted by Crippen LogP contribution is -2.30. The number of hydrogen-bond acceptors (Lipinski definition) is 5. The summed E-state index contributed by atoms with van der Waals surface area (Å²) >= 11 is 1.38. The van der Waals surface area contributed by atoms with Crippen LogP contribution in [0.3, 0.4) is 0 Å². The zero-order valence-electron chi connectivity index (χ0n) is 10.1. The number of thiophene rings is 1. The first-order valence-electron chi connectivity index (χ1n) is 5.48. The molecule has 17 heavy (non-hydrogen) atoms. The zero-order valence-corrected chi connectivity index (χ0v) is 11.0. The third kappa shape index (κ3) is 4.43. The fraction of sp³-hybridized carbons (Fsp3) is 0.545. The van der Waals surface area contributed by atoms with E-state index in [1.165, 1.54) is 11.3 Å². The van der Waals surface area contributed by atoms with E-state index in [4.69, 9.17) is 5.84 Å². The van der Waals surface area contributed by atoms with Crippen LogP contribution in [0, 0.1) is 0 Å². The molecule has 1 aromatic rings. The number of aliphatic hydroxyl groups is 1. The largest absolute Gasteiger partial charge is 0.393 e. The Morgan fingerprint density at radius 2 is 2.41 bits per heavy atom. The fourth-order valence-corrected chi connectivity index (χ4v) is 2.32. The van der Waals surface area contributed by atoms with Gasteiger partial charge in [0.2, 0.25) is 0 Å². The molecule has 1 aromatic heterocycles. The van der Waals surface area contributed by atoms with Crippen molar-refractivity contribution in [2.75, 3.05) is 13.6 Å². The average molecular weight is 257 g/mol. The van der Waals surface area contributed by atoms with Gasteiger partial charge in [-0.3, -0.25) is 10.2 Å². The van der Waals surface area contributed by atoms with E-state index in [0.717, 1.165) is 18.5 Å². The van der Waals surface area contributed by atoms with Gasteiger partial charge in [-0.1, -0.05) is 0 Å². The molecule has 0 aliphatic rings. The molecule has 5 nitrogen and oxygen atoms in total. The summed E-state index contributed by atoms with van der Waals surface area (Å²) in [5.74, 6) is 4.87. The van der Waals surface area contributed by atoms with Crippen LogP contribution in [0.2, 0.25) is 0 Å². The van der Waals surface area contributed by atoms with Crippen molar-refractivity contribution in [1.82, 2.24) is 10.3 Å². The highest BCUT2D eigenvalue weighted by Crippen LogP contribution is 2.18. The molecule has 96 valence electrons. The van der Waals surface area contributed by atoms with Crippen molar-refractivity contribution in [3.8, 4) is 0 Å². The molecule has 6 heteroatoms. The third-order valence-electron chi connectivity index (χ3n) is 2.45. The number of carbonyl (C=O) groups excluding carboxylic acids is 1. The molecule has 0 bridgehead atoms. The maximum Gasteiger partial charge on any atom is 0.275 e. The van der Waals surface area contributed by atoms with Crippen LogP contribution >= 0.6 is 11.3 Å². The second kappa shape index (κ2) is 6.70. The maximum absolute atomic E-state index is 11.5. The molecule has 1 amide bonds. The summed E-state index contributed by atoms with van der Waals surface area (Å²) in [6.45, 7) is 3.24. The van der Waals surface area contributed by atoms with Crippen molar-refractivity contribution in [3.63, 3.8) is 0 Å². The summed E-state index contributed by atoms with van der Waals surface area (Å²) in [4.78, 5) is 14.2. The van der Waals surface area contributed by atoms with Crippen molar-refractivity contribution in [2.45, 2.75) is 26.0 Å². The van der Waals surface area contributed by atoms with Gasteiger partial charge in [-0.15, -0.1) is 11.3 Å². The molecule has 0 aliphatic carbocycles. The Bertz CT molecular complexity index is 365. The number of amides is 1. The van der Waals surface area contributed by atoms with Crippen LogP contribution in [0.5, 0.6) is 0 Å². The molecule has 0 aliphatic heterocycles. The van der Waals surface area contributed by atoms with Gasteiger partial charge in [-0.25, -0.2) is 5.84 Å². The molecule has 0 saturated carbocycles. The zero-order chi connectivity index (χ0) is 12.8. The first-order chi connectivity index (χ1) is 8.04. The highest BCUT2D eigenvalue weighted by molar-refractivity contribution is 7.12. The predicted molar refractivity (Wildman–Crippen MR) is 68.6 cm³/mol. The number of nitrogens with two attached hydrogens (primary N) is 1. The van der Waals surface area contributed by atoms with Crippen molar-refractivity contribution >= 4 is 17.2 Å². The molecule has 1 rings (SSSR count). The van der Waals surface area contributed by atoms with Gasteiger partial charge in [0.15, 0.2) is 0 Å². The smallest absolute Gasteiger partial charge is 0.275 e. The Hall–Kier alpha value is -0.950. The summed E-state index contributed by atoms with van der Waals surface area (Å²) in [7, 11) is 1.96. The number of carbonyl (C=O) groups is 1. The number of nitrogens with zero attached hydrogens (tertiary/aromatic N) is 1. The van der Waals surface area contributed by atoms with Gasteiger partial charge >= 0.3 is 0 Å². The van der Waals surface area contributed by atoms with Crippen LogP contribution in [-0.2, 0) is 6.54 Å². The lowest BCUT2D eigenvalue weighted by molar-refractivity contribution is 0.0955. The summed E-state index contributed by atoms with van der Waals surface area (Å²) in [5.41, 5.74) is 3.11. The number of hydrazine groups is 1. The topological polar surface area (TPSA) is 78.6 Å². The summed E-state index contributed by atoms with van der Waals surface area (Å²) < 4.78 is 0. The van der Waals surface area contributed by atoms with E-state index in [9.17, 15) is 9.90 Å². The Balaban J connectivity index is 2.56. The molecule has 1 heterocycles. The number of hydrogen-bond donors (Lipinski definition) is 3. The van der Waals surface area contributed by atoms with Gasteiger partial charge < -0.3 is 10.0 Å². The van der Waals surface area contributed by atoms with Gasteiger partial charge in [-0.05, 0) is 37.4 Å². The number of rotatable bonds is 6. The first kappa shape index (κ1) is 14.1. The molecule has 0 radical (unpaired) electrons. The number of aliphatic hydroxyl groups excluding tert-OH is 1. The Labute approximate surface area is 105 Å². The van der Waals surface area contributed by atoms with Gasteiger partial charge in [0.25, 0.3) is 5.91 Å². The van der Waals surface area contributed by atoms with Crippen LogP contribution in [0.1, 0.15) is 28.6 Å². The van der Waals surface area contributed by atoms with E-state index in [1.54, 1.807) is 6.92 Å². The monoisotopic (exact) mass is 257 g/mol. The Morgan fingerprint density at radius 3 is 3.00 bits per heavy atom. The molecular weight excluding hydrogens is 238 g/mol. The minimum absolute atomic E-state index is 0.251. The van der Waals surface area contributed by atoms with Crippen molar-refractivity contribution in [1.29, 1.82) is 0 Å². The average Bonchev–Trinajstić information content (AvgIpc) is 2.73. The van der Waals surface area contributed by atoms with Crippen LogP contribution in [-0.4, -0.2) is 35.6 Å². The molecule has 0 spiro atoms. The highest BCUT2D eigenvalue weighted by atomic mass is 32.1. The summed E-state index contributed by atoms with van der Waals surface area (Å²) in [6, 6.07) is 1.92. The first-order valence-corrected chi connectivity index (χ1v) is 6.36. The van der Waals surface area contributed by atoms with Crippen molar-refractivity contribution in [3.05, 3.63) is 21.9 Å². The lowest BCUT2D eigenvalue weighted by atomic mass is 10.2. The van der Waals surface area contributed by atoms with E-state index in [0.29, 0.717) is 11.4 Å². The summed E-state index contributed by atoms with van der Waals surface area (Å²) in [6.07, 6.45) is 0.422. The summed E-state index contributed by atoms with van der Waals surface area (Å²) in [5, 5.41) is 11.1. The normalized spacial score (nSPS) is 12.8. The van der Waals surface area contributed by atoms with E-state index < -0.39 is 0 Å². The molecule has 1 unspecified atom stereocenters. The Morgan fingerprint density at radius 1 is 1.71 bits per heavy atom. The molecule has 1 atom stereocenters. The predicted octanol–water partition coefficient (Wildman–Crippen LogP) is 0.554. The third-order valence-corrected chi connectivity index (χ3v) is 3.41. The van der Waals surface area contributed by atoms with Crippen molar-refractivity contribution in [2.24, 2.45) is 5.84 Å². The number of nitrogen functional groups attached to an aromatic ring is 1. The van der Waals surface area contributed by atoms with Crippen LogP contribution < -0.4 is 11.3 Å². The lowest BCUT2D eigenvalue weighted by Gasteiger charge is -2.17. The van der Waals surface area contributed by atoms with Gasteiger partial charge in [0, 0.05) is 13.1 Å². The minimum Gasteiger partial charge on any atom is -0.393 e. The molecule has 0 fully saturated rings. The van der Waals surface area contributed by atoms with E-state index in [2.05, 4.69) is 10.3 Å². The highest BCUT2D eigenvalue weighted by Gasteiger charge is 2.13. The van der Waals surface area contributed by atoms with Gasteiger partial charge in [0.1, 0.15) is 0 Å². The fourth-order valence-electron chi connectivity index (χ4n) is 1.50. The maximum atomic E-state index is 11.5. The molecule has 0 saturated heterocycles. The van der Waals surface area contributed by atoms with Gasteiger partial charge in [-0.2, -0.15) is 0 Å². The van der Waals surface area contributed by atoms with Crippen molar-refractivity contribution < 1.29 is 9.90 Å². The van der Waals surface area contributed by atoms with Gasteiger partial charge in [0.05, 0.1) is 11.0 Å². The standard InChI is InChI=1S/C11H19N3O2S/c1-8(15)3-5-14(2)7-9-4-6-17-10(9)11(16)13-12/h4,6,8,15H,3,5,7,12H2,1-2H3,(H,13,16). The number of nitrogens with one attached hydrogen (secondary N) is 1. The van der Waals surface area contributed by atoms with Crippen LogP contribution in [0.15, 0.2) is 11.4 Å². The van der Waals surface area contributed by atoms with E-state index in [-0.39, 0.29) is 12.0 Å². The molecular formula is C11H19N3O2S.